The number of carbonyl (C=O) groups excluding carboxylic acids is 1. The minimum absolute atomic E-state index is 0.224. The molecule has 184 valence electrons. The Hall–Kier alpha value is -3.07. The Morgan fingerprint density at radius 2 is 1.51 bits per heavy atom. The molecule has 0 atom stereocenters. The number of halogens is 1. The first-order valence-electron chi connectivity index (χ1n) is 11.4. The average molecular weight is 515 g/mol. The fraction of sp³-hybridized carbons (Fsp3) is 0.269. The van der Waals surface area contributed by atoms with Gasteiger partial charge in [0, 0.05) is 29.2 Å². The van der Waals surface area contributed by atoms with Gasteiger partial charge in [0.2, 0.25) is 10.0 Å². The molecule has 9 heteroatoms. The molecule has 1 aliphatic heterocycles. The van der Waals surface area contributed by atoms with Crippen LogP contribution in [0.2, 0.25) is 5.02 Å². The van der Waals surface area contributed by atoms with E-state index >= 15 is 0 Å². The summed E-state index contributed by atoms with van der Waals surface area (Å²) in [4.78, 5) is 12.6. The number of carbonyl (C=O) groups is 1. The van der Waals surface area contributed by atoms with Crippen LogP contribution in [0.15, 0.2) is 77.7 Å². The first-order chi connectivity index (χ1) is 16.9. The predicted octanol–water partition coefficient (Wildman–Crippen LogP) is 4.51. The maximum Gasteiger partial charge on any atom is 0.251 e. The number of ether oxygens (including phenoxy) is 2. The van der Waals surface area contributed by atoms with Gasteiger partial charge in [-0.05, 0) is 67.4 Å². The van der Waals surface area contributed by atoms with Gasteiger partial charge < -0.3 is 14.8 Å². The molecule has 0 unspecified atom stereocenters. The van der Waals surface area contributed by atoms with Crippen molar-refractivity contribution in [2.45, 2.75) is 24.3 Å². The van der Waals surface area contributed by atoms with Crippen LogP contribution in [-0.4, -0.2) is 44.9 Å². The Labute approximate surface area is 210 Å². The minimum atomic E-state index is -3.44. The van der Waals surface area contributed by atoms with Crippen molar-refractivity contribution in [2.24, 2.45) is 0 Å². The van der Waals surface area contributed by atoms with Crippen molar-refractivity contribution in [3.63, 3.8) is 0 Å². The topological polar surface area (TPSA) is 84.9 Å². The van der Waals surface area contributed by atoms with Crippen molar-refractivity contribution in [1.29, 1.82) is 0 Å². The van der Waals surface area contributed by atoms with E-state index < -0.39 is 10.0 Å². The maximum absolute atomic E-state index is 12.6. The summed E-state index contributed by atoms with van der Waals surface area (Å²) in [5, 5.41) is 3.45. The third kappa shape index (κ3) is 6.54. The summed E-state index contributed by atoms with van der Waals surface area (Å²) in [6.07, 6.45) is 1.79. The number of hydrogen-bond acceptors (Lipinski definition) is 5. The first-order valence-corrected chi connectivity index (χ1v) is 13.2. The molecule has 1 N–H and O–H groups in total. The zero-order valence-corrected chi connectivity index (χ0v) is 20.7. The second kappa shape index (κ2) is 11.6. The Balaban J connectivity index is 1.20. The van der Waals surface area contributed by atoms with Gasteiger partial charge in [-0.15, -0.1) is 0 Å². The molecule has 7 nitrogen and oxygen atoms in total. The number of benzene rings is 3. The molecule has 1 fully saturated rings. The zero-order valence-electron chi connectivity index (χ0n) is 19.2. The van der Waals surface area contributed by atoms with Crippen LogP contribution in [0.3, 0.4) is 0 Å². The Bertz CT molecular complexity index is 1240. The number of amides is 1. The Kier molecular flexibility index (Phi) is 8.28. The van der Waals surface area contributed by atoms with Crippen molar-refractivity contribution >= 4 is 27.5 Å². The molecule has 0 aromatic heterocycles. The molecule has 3 aromatic carbocycles. The third-order valence-corrected chi connectivity index (χ3v) is 7.93. The molecule has 1 heterocycles. The summed E-state index contributed by atoms with van der Waals surface area (Å²) in [5.41, 5.74) is 1.39. The van der Waals surface area contributed by atoms with E-state index in [2.05, 4.69) is 5.32 Å². The van der Waals surface area contributed by atoms with Crippen molar-refractivity contribution in [1.82, 2.24) is 9.62 Å². The average Bonchev–Trinajstić information content (AvgIpc) is 3.43. The molecule has 3 aromatic rings. The number of sulfonamides is 1. The lowest BCUT2D eigenvalue weighted by molar-refractivity contribution is 0.0947. The van der Waals surface area contributed by atoms with Crippen LogP contribution in [0.1, 0.15) is 28.8 Å². The molecular formula is C26H27ClN2O5S. The molecule has 0 aliphatic carbocycles. The first kappa shape index (κ1) is 25.0. The highest BCUT2D eigenvalue weighted by Crippen LogP contribution is 2.23. The van der Waals surface area contributed by atoms with E-state index in [1.54, 1.807) is 48.5 Å². The van der Waals surface area contributed by atoms with Gasteiger partial charge in [0.25, 0.3) is 5.91 Å². The SMILES string of the molecule is O=C(NCCOc1ccc(S(=O)(=O)N2CCCC2)cc1)c1ccc(OCc2ccccc2Cl)cc1. The van der Waals surface area contributed by atoms with Gasteiger partial charge in [0.05, 0.1) is 11.4 Å². The summed E-state index contributed by atoms with van der Waals surface area (Å²) >= 11 is 6.14. The number of rotatable bonds is 10. The Morgan fingerprint density at radius 3 is 2.20 bits per heavy atom. The van der Waals surface area contributed by atoms with Crippen LogP contribution < -0.4 is 14.8 Å². The van der Waals surface area contributed by atoms with Gasteiger partial charge in [0.15, 0.2) is 0 Å². The molecule has 35 heavy (non-hydrogen) atoms. The number of hydrogen-bond donors (Lipinski definition) is 1. The highest BCUT2D eigenvalue weighted by Gasteiger charge is 2.26. The third-order valence-electron chi connectivity index (χ3n) is 5.65. The summed E-state index contributed by atoms with van der Waals surface area (Å²) in [5.74, 6) is 0.956. The van der Waals surface area contributed by atoms with E-state index in [1.807, 2.05) is 24.3 Å². The van der Waals surface area contributed by atoms with E-state index in [9.17, 15) is 13.2 Å². The number of nitrogens with one attached hydrogen (secondary N) is 1. The molecule has 4 rings (SSSR count). The molecule has 0 spiro atoms. The van der Waals surface area contributed by atoms with Crippen molar-refractivity contribution in [3.05, 3.63) is 88.9 Å². The van der Waals surface area contributed by atoms with Crippen LogP contribution in [0.5, 0.6) is 11.5 Å². The van der Waals surface area contributed by atoms with Crippen LogP contribution in [0.4, 0.5) is 0 Å². The Morgan fingerprint density at radius 1 is 0.886 bits per heavy atom. The van der Waals surface area contributed by atoms with Crippen molar-refractivity contribution < 1.29 is 22.7 Å². The fourth-order valence-electron chi connectivity index (χ4n) is 3.70. The van der Waals surface area contributed by atoms with Crippen LogP contribution in [0, 0.1) is 0 Å². The highest BCUT2D eigenvalue weighted by atomic mass is 35.5. The molecular weight excluding hydrogens is 488 g/mol. The standard InChI is InChI=1S/C26H27ClN2O5S/c27-25-6-2-1-5-21(25)19-34-23-9-7-20(8-10-23)26(30)28-15-18-33-22-11-13-24(14-12-22)35(31,32)29-16-3-4-17-29/h1-2,5-14H,3-4,15-19H2,(H,28,30). The molecule has 1 amide bonds. The lowest BCUT2D eigenvalue weighted by Crippen LogP contribution is -2.28. The predicted molar refractivity (Wildman–Crippen MR) is 134 cm³/mol. The van der Waals surface area contributed by atoms with Crippen molar-refractivity contribution in [2.75, 3.05) is 26.2 Å². The summed E-state index contributed by atoms with van der Waals surface area (Å²) in [7, 11) is -3.44. The number of nitrogens with zero attached hydrogens (tertiary/aromatic N) is 1. The minimum Gasteiger partial charge on any atom is -0.492 e. The lowest BCUT2D eigenvalue weighted by Gasteiger charge is -2.15. The van der Waals surface area contributed by atoms with Gasteiger partial charge in [-0.2, -0.15) is 4.31 Å². The monoisotopic (exact) mass is 514 g/mol. The second-order valence-electron chi connectivity index (χ2n) is 8.09. The van der Waals surface area contributed by atoms with Gasteiger partial charge in [-0.1, -0.05) is 29.8 Å². The highest BCUT2D eigenvalue weighted by molar-refractivity contribution is 7.89. The fourth-order valence-corrected chi connectivity index (χ4v) is 5.41. The summed E-state index contributed by atoms with van der Waals surface area (Å²) in [6.45, 7) is 2.03. The van der Waals surface area contributed by atoms with Gasteiger partial charge in [-0.25, -0.2) is 8.42 Å². The molecule has 0 bridgehead atoms. The second-order valence-corrected chi connectivity index (χ2v) is 10.4. The van der Waals surface area contributed by atoms with E-state index in [0.29, 0.717) is 48.3 Å². The van der Waals surface area contributed by atoms with Gasteiger partial charge in [-0.3, -0.25) is 4.79 Å². The molecule has 0 radical (unpaired) electrons. The largest absolute Gasteiger partial charge is 0.492 e. The normalized spacial score (nSPS) is 14.0. The zero-order chi connectivity index (χ0) is 24.7. The van der Waals surface area contributed by atoms with E-state index in [4.69, 9.17) is 21.1 Å². The van der Waals surface area contributed by atoms with Gasteiger partial charge in [0.1, 0.15) is 24.7 Å². The van der Waals surface area contributed by atoms with Gasteiger partial charge >= 0.3 is 0 Å². The van der Waals surface area contributed by atoms with Crippen molar-refractivity contribution in [3.8, 4) is 11.5 Å². The lowest BCUT2D eigenvalue weighted by atomic mass is 10.2. The van der Waals surface area contributed by atoms with E-state index in [0.717, 1.165) is 18.4 Å². The smallest absolute Gasteiger partial charge is 0.251 e. The van der Waals surface area contributed by atoms with E-state index in [1.165, 1.54) is 4.31 Å². The van der Waals surface area contributed by atoms with Crippen LogP contribution in [0.25, 0.3) is 0 Å². The quantitative estimate of drug-likeness (QED) is 0.402. The van der Waals surface area contributed by atoms with E-state index in [-0.39, 0.29) is 17.4 Å². The van der Waals surface area contributed by atoms with Crippen LogP contribution >= 0.6 is 11.6 Å². The molecule has 1 aliphatic rings. The molecule has 1 saturated heterocycles. The summed E-state index contributed by atoms with van der Waals surface area (Å²) < 4.78 is 38.0. The molecule has 0 saturated carbocycles. The van der Waals surface area contributed by atoms with Crippen LogP contribution in [-0.2, 0) is 16.6 Å². The summed E-state index contributed by atoms with van der Waals surface area (Å²) in [6, 6.07) is 20.7. The maximum atomic E-state index is 12.6.